The maximum absolute atomic E-state index is 11.8. The number of benzene rings is 1. The van der Waals surface area contributed by atoms with E-state index >= 15 is 0 Å². The lowest BCUT2D eigenvalue weighted by atomic mass is 10.2. The second-order valence-electron chi connectivity index (χ2n) is 3.72. The molecule has 94 valence electrons. The van der Waals surface area contributed by atoms with Crippen LogP contribution < -0.4 is 11.1 Å². The van der Waals surface area contributed by atoms with Crippen LogP contribution in [0.25, 0.3) is 0 Å². The Morgan fingerprint density at radius 2 is 2.29 bits per heavy atom. The number of rotatable bonds is 5. The Morgan fingerprint density at radius 1 is 1.59 bits per heavy atom. The SMILES string of the molecule is CCOC(C)CNC(=O)c1cc(N)ccc1Cl. The van der Waals surface area contributed by atoms with Gasteiger partial charge in [0, 0.05) is 18.8 Å². The first-order chi connectivity index (χ1) is 8.04. The summed E-state index contributed by atoms with van der Waals surface area (Å²) in [6.45, 7) is 4.87. The fourth-order valence-corrected chi connectivity index (χ4v) is 1.60. The van der Waals surface area contributed by atoms with Crippen LogP contribution >= 0.6 is 11.6 Å². The molecule has 0 aliphatic rings. The van der Waals surface area contributed by atoms with Crippen molar-refractivity contribution in [2.45, 2.75) is 20.0 Å². The third kappa shape index (κ3) is 4.24. The highest BCUT2D eigenvalue weighted by atomic mass is 35.5. The van der Waals surface area contributed by atoms with E-state index in [1.165, 1.54) is 0 Å². The molecule has 1 aromatic carbocycles. The van der Waals surface area contributed by atoms with Gasteiger partial charge in [0.2, 0.25) is 0 Å². The topological polar surface area (TPSA) is 64.3 Å². The minimum atomic E-state index is -0.242. The molecule has 0 aliphatic carbocycles. The predicted octanol–water partition coefficient (Wildman–Crippen LogP) is 2.08. The Kier molecular flexibility index (Phi) is 5.25. The maximum Gasteiger partial charge on any atom is 0.252 e. The van der Waals surface area contributed by atoms with E-state index in [2.05, 4.69) is 5.32 Å². The summed E-state index contributed by atoms with van der Waals surface area (Å²) in [5, 5.41) is 3.14. The molecule has 0 saturated carbocycles. The van der Waals surface area contributed by atoms with Gasteiger partial charge >= 0.3 is 0 Å². The first kappa shape index (κ1) is 13.8. The minimum absolute atomic E-state index is 0.0243. The van der Waals surface area contributed by atoms with Crippen LogP contribution in [0.3, 0.4) is 0 Å². The quantitative estimate of drug-likeness (QED) is 0.793. The van der Waals surface area contributed by atoms with Crippen molar-refractivity contribution in [3.63, 3.8) is 0 Å². The average Bonchev–Trinajstić information content (AvgIpc) is 2.29. The molecule has 1 amide bonds. The molecule has 4 nitrogen and oxygen atoms in total. The molecular weight excluding hydrogens is 240 g/mol. The van der Waals surface area contributed by atoms with Gasteiger partial charge in [-0.1, -0.05) is 11.6 Å². The maximum atomic E-state index is 11.8. The molecule has 0 spiro atoms. The first-order valence-corrected chi connectivity index (χ1v) is 5.87. The van der Waals surface area contributed by atoms with Crippen LogP contribution in [0.15, 0.2) is 18.2 Å². The van der Waals surface area contributed by atoms with E-state index in [0.717, 1.165) is 0 Å². The van der Waals surface area contributed by atoms with E-state index in [0.29, 0.717) is 29.4 Å². The molecule has 17 heavy (non-hydrogen) atoms. The van der Waals surface area contributed by atoms with Gasteiger partial charge in [-0.25, -0.2) is 0 Å². The summed E-state index contributed by atoms with van der Waals surface area (Å²) >= 11 is 5.92. The Hall–Kier alpha value is -1.26. The van der Waals surface area contributed by atoms with E-state index in [9.17, 15) is 4.79 Å². The second kappa shape index (κ2) is 6.47. The highest BCUT2D eigenvalue weighted by Gasteiger charge is 2.11. The predicted molar refractivity (Wildman–Crippen MR) is 69.3 cm³/mol. The van der Waals surface area contributed by atoms with Crippen LogP contribution in [0.5, 0.6) is 0 Å². The number of hydrogen-bond donors (Lipinski definition) is 2. The van der Waals surface area contributed by atoms with Crippen LogP contribution in [0.2, 0.25) is 5.02 Å². The Bertz CT molecular complexity index is 396. The molecule has 0 saturated heterocycles. The zero-order valence-electron chi connectivity index (χ0n) is 10.00. The van der Waals surface area contributed by atoms with Gasteiger partial charge in [0.1, 0.15) is 0 Å². The Labute approximate surface area is 106 Å². The molecule has 0 bridgehead atoms. The lowest BCUT2D eigenvalue weighted by Crippen LogP contribution is -2.32. The van der Waals surface area contributed by atoms with Gasteiger partial charge < -0.3 is 15.8 Å². The second-order valence-corrected chi connectivity index (χ2v) is 4.12. The molecule has 0 aromatic heterocycles. The van der Waals surface area contributed by atoms with Crippen molar-refractivity contribution in [3.05, 3.63) is 28.8 Å². The number of ether oxygens (including phenoxy) is 1. The van der Waals surface area contributed by atoms with Crippen molar-refractivity contribution in [1.82, 2.24) is 5.32 Å². The average molecular weight is 257 g/mol. The number of nitrogens with one attached hydrogen (secondary N) is 1. The summed E-state index contributed by atoms with van der Waals surface area (Å²) in [4.78, 5) is 11.8. The zero-order valence-corrected chi connectivity index (χ0v) is 10.8. The molecule has 1 unspecified atom stereocenters. The molecule has 0 fully saturated rings. The van der Waals surface area contributed by atoms with Crippen LogP contribution in [0, 0.1) is 0 Å². The van der Waals surface area contributed by atoms with Crippen LogP contribution in [0.1, 0.15) is 24.2 Å². The number of halogens is 1. The lowest BCUT2D eigenvalue weighted by Gasteiger charge is -2.13. The third-order valence-corrected chi connectivity index (χ3v) is 2.57. The summed E-state index contributed by atoms with van der Waals surface area (Å²) in [6, 6.07) is 4.82. The monoisotopic (exact) mass is 256 g/mol. The lowest BCUT2D eigenvalue weighted by molar-refractivity contribution is 0.0695. The Morgan fingerprint density at radius 3 is 2.94 bits per heavy atom. The molecule has 3 N–H and O–H groups in total. The van der Waals surface area contributed by atoms with Crippen molar-refractivity contribution in [2.75, 3.05) is 18.9 Å². The normalized spacial score (nSPS) is 12.2. The number of nitrogens with two attached hydrogens (primary N) is 1. The highest BCUT2D eigenvalue weighted by molar-refractivity contribution is 6.34. The summed E-state index contributed by atoms with van der Waals surface area (Å²) < 4.78 is 5.31. The van der Waals surface area contributed by atoms with Crippen molar-refractivity contribution in [2.24, 2.45) is 0 Å². The standard InChI is InChI=1S/C12H17ClN2O2/c1-3-17-8(2)7-15-12(16)10-6-9(14)4-5-11(10)13/h4-6,8H,3,7,14H2,1-2H3,(H,15,16). The summed E-state index contributed by atoms with van der Waals surface area (Å²) in [5.74, 6) is -0.242. The summed E-state index contributed by atoms with van der Waals surface area (Å²) in [7, 11) is 0. The van der Waals surface area contributed by atoms with Crippen LogP contribution in [-0.2, 0) is 4.74 Å². The summed E-state index contributed by atoms with van der Waals surface area (Å²) in [5.41, 5.74) is 6.50. The molecular formula is C12H17ClN2O2. The molecule has 1 atom stereocenters. The van der Waals surface area contributed by atoms with Crippen molar-refractivity contribution in [1.29, 1.82) is 0 Å². The zero-order chi connectivity index (χ0) is 12.8. The van der Waals surface area contributed by atoms with Crippen molar-refractivity contribution < 1.29 is 9.53 Å². The first-order valence-electron chi connectivity index (χ1n) is 5.49. The van der Waals surface area contributed by atoms with E-state index in [1.807, 2.05) is 13.8 Å². The number of carbonyl (C=O) groups excluding carboxylic acids is 1. The fraction of sp³-hybridized carbons (Fsp3) is 0.417. The van der Waals surface area contributed by atoms with Gasteiger partial charge in [0.05, 0.1) is 16.7 Å². The molecule has 0 aliphatic heterocycles. The molecule has 1 rings (SSSR count). The minimum Gasteiger partial charge on any atom is -0.399 e. The highest BCUT2D eigenvalue weighted by Crippen LogP contribution is 2.18. The summed E-state index contributed by atoms with van der Waals surface area (Å²) in [6.07, 6.45) is -0.0243. The Balaban J connectivity index is 2.61. The van der Waals surface area contributed by atoms with Gasteiger partial charge in [0.25, 0.3) is 5.91 Å². The molecule has 0 radical (unpaired) electrons. The van der Waals surface area contributed by atoms with Crippen LogP contribution in [-0.4, -0.2) is 25.2 Å². The number of nitrogen functional groups attached to an aromatic ring is 1. The van der Waals surface area contributed by atoms with E-state index < -0.39 is 0 Å². The molecule has 1 aromatic rings. The van der Waals surface area contributed by atoms with E-state index in [4.69, 9.17) is 22.1 Å². The molecule has 5 heteroatoms. The number of amides is 1. The van der Waals surface area contributed by atoms with Gasteiger partial charge in [-0.3, -0.25) is 4.79 Å². The third-order valence-electron chi connectivity index (χ3n) is 2.24. The van der Waals surface area contributed by atoms with Gasteiger partial charge in [-0.2, -0.15) is 0 Å². The van der Waals surface area contributed by atoms with Gasteiger partial charge in [-0.15, -0.1) is 0 Å². The number of hydrogen-bond acceptors (Lipinski definition) is 3. The van der Waals surface area contributed by atoms with E-state index in [-0.39, 0.29) is 12.0 Å². The number of carbonyl (C=O) groups is 1. The van der Waals surface area contributed by atoms with E-state index in [1.54, 1.807) is 18.2 Å². The van der Waals surface area contributed by atoms with Crippen LogP contribution in [0.4, 0.5) is 5.69 Å². The molecule has 0 heterocycles. The van der Waals surface area contributed by atoms with Crippen molar-refractivity contribution >= 4 is 23.2 Å². The van der Waals surface area contributed by atoms with Gasteiger partial charge in [-0.05, 0) is 32.0 Å². The van der Waals surface area contributed by atoms with Gasteiger partial charge in [0.15, 0.2) is 0 Å². The number of anilines is 1. The fourth-order valence-electron chi connectivity index (χ4n) is 1.39. The largest absolute Gasteiger partial charge is 0.399 e. The smallest absolute Gasteiger partial charge is 0.252 e. The van der Waals surface area contributed by atoms with Crippen molar-refractivity contribution in [3.8, 4) is 0 Å².